The number of carbonyl (C=O) groups is 1. The Morgan fingerprint density at radius 3 is 2.62 bits per heavy atom. The number of imidazole rings is 1. The van der Waals surface area contributed by atoms with E-state index in [4.69, 9.17) is 19.4 Å². The summed E-state index contributed by atoms with van der Waals surface area (Å²) >= 11 is 0. The number of hydrogen-bond donors (Lipinski definition) is 0. The Morgan fingerprint density at radius 1 is 1.08 bits per heavy atom. The van der Waals surface area contributed by atoms with Gasteiger partial charge >= 0.3 is 0 Å². The van der Waals surface area contributed by atoms with Crippen molar-refractivity contribution in [2.24, 2.45) is 5.92 Å². The molecular weight excluding hydrogens is 473 g/mol. The van der Waals surface area contributed by atoms with Crippen LogP contribution in [-0.2, 0) is 13.1 Å². The molecule has 0 unspecified atom stereocenters. The van der Waals surface area contributed by atoms with Crippen LogP contribution in [0.1, 0.15) is 43.0 Å². The van der Waals surface area contributed by atoms with Crippen LogP contribution in [0.15, 0.2) is 30.3 Å². The molecule has 0 N–H and O–H groups in total. The summed E-state index contributed by atoms with van der Waals surface area (Å²) in [5.74, 6) is 2.41. The van der Waals surface area contributed by atoms with E-state index in [1.54, 1.807) is 25.2 Å². The number of aryl methyl sites for hydroxylation is 1. The summed E-state index contributed by atoms with van der Waals surface area (Å²) in [6, 6.07) is 9.61. The highest BCUT2D eigenvalue weighted by molar-refractivity contribution is 6.00. The SMILES string of the molecule is CCn1c(-c2cc3ccc(OC)nc3n2CC2CC2)nc2cc(C(=O)N3CCC[C@H](F)C3)cc(OC)c21. The smallest absolute Gasteiger partial charge is 0.254 e. The summed E-state index contributed by atoms with van der Waals surface area (Å²) in [6.07, 6.45) is 2.62. The Balaban J connectivity index is 1.50. The Labute approximate surface area is 215 Å². The van der Waals surface area contributed by atoms with Gasteiger partial charge < -0.3 is 23.5 Å². The summed E-state index contributed by atoms with van der Waals surface area (Å²) in [7, 11) is 3.23. The van der Waals surface area contributed by atoms with Gasteiger partial charge in [0.2, 0.25) is 5.88 Å². The first-order valence-electron chi connectivity index (χ1n) is 13.1. The Morgan fingerprint density at radius 2 is 1.92 bits per heavy atom. The van der Waals surface area contributed by atoms with E-state index in [9.17, 15) is 9.18 Å². The number of fused-ring (bicyclic) bond motifs is 2. The Hall–Kier alpha value is -3.62. The molecule has 0 spiro atoms. The number of rotatable bonds is 7. The number of likely N-dealkylation sites (tertiary alicyclic amines) is 1. The molecule has 8 nitrogen and oxygen atoms in total. The van der Waals surface area contributed by atoms with Crippen LogP contribution in [0.4, 0.5) is 4.39 Å². The predicted octanol–water partition coefficient (Wildman–Crippen LogP) is 5.07. The van der Waals surface area contributed by atoms with E-state index in [-0.39, 0.29) is 12.5 Å². The Kier molecular flexibility index (Phi) is 6.01. The number of nitrogens with zero attached hydrogens (tertiary/aromatic N) is 5. The first-order chi connectivity index (χ1) is 18.0. The second-order valence-corrected chi connectivity index (χ2v) is 10.1. The lowest BCUT2D eigenvalue weighted by Crippen LogP contribution is -2.40. The zero-order chi connectivity index (χ0) is 25.7. The second kappa shape index (κ2) is 9.36. The minimum absolute atomic E-state index is 0.131. The van der Waals surface area contributed by atoms with Crippen molar-refractivity contribution >= 4 is 28.0 Å². The number of piperidine rings is 1. The number of alkyl halides is 1. The van der Waals surface area contributed by atoms with Crippen LogP contribution < -0.4 is 9.47 Å². The minimum atomic E-state index is -0.977. The number of benzene rings is 1. The lowest BCUT2D eigenvalue weighted by Gasteiger charge is -2.29. The summed E-state index contributed by atoms with van der Waals surface area (Å²) in [4.78, 5) is 24.7. The van der Waals surface area contributed by atoms with E-state index in [0.29, 0.717) is 54.6 Å². The quantitative estimate of drug-likeness (QED) is 0.350. The molecule has 1 atom stereocenters. The van der Waals surface area contributed by atoms with Gasteiger partial charge in [0.05, 0.1) is 32.0 Å². The molecule has 1 aliphatic carbocycles. The highest BCUT2D eigenvalue weighted by Crippen LogP contribution is 2.38. The molecule has 4 aromatic rings. The van der Waals surface area contributed by atoms with Crippen LogP contribution in [0.2, 0.25) is 0 Å². The van der Waals surface area contributed by atoms with Crippen molar-refractivity contribution in [2.45, 2.75) is 51.9 Å². The van der Waals surface area contributed by atoms with Crippen LogP contribution in [0, 0.1) is 5.92 Å². The number of aromatic nitrogens is 4. The maximum absolute atomic E-state index is 14.0. The van der Waals surface area contributed by atoms with Crippen LogP contribution >= 0.6 is 0 Å². The van der Waals surface area contributed by atoms with E-state index in [0.717, 1.165) is 34.6 Å². The van der Waals surface area contributed by atoms with Gasteiger partial charge in [-0.05, 0) is 62.8 Å². The van der Waals surface area contributed by atoms with Crippen molar-refractivity contribution in [3.8, 4) is 23.1 Å². The van der Waals surface area contributed by atoms with Gasteiger partial charge in [0.1, 0.15) is 23.1 Å². The minimum Gasteiger partial charge on any atom is -0.494 e. The zero-order valence-corrected chi connectivity index (χ0v) is 21.5. The highest BCUT2D eigenvalue weighted by Gasteiger charge is 2.29. The number of halogens is 1. The van der Waals surface area contributed by atoms with Crippen molar-refractivity contribution in [1.82, 2.24) is 24.0 Å². The first kappa shape index (κ1) is 23.8. The fraction of sp³-hybridized carbons (Fsp3) is 0.464. The van der Waals surface area contributed by atoms with Crippen molar-refractivity contribution in [2.75, 3.05) is 27.3 Å². The lowest BCUT2D eigenvalue weighted by molar-refractivity contribution is 0.0636. The molecule has 1 amide bonds. The van der Waals surface area contributed by atoms with Crippen molar-refractivity contribution in [3.63, 3.8) is 0 Å². The molecule has 6 rings (SSSR count). The zero-order valence-electron chi connectivity index (χ0n) is 21.5. The van der Waals surface area contributed by atoms with E-state index in [1.807, 2.05) is 18.2 Å². The van der Waals surface area contributed by atoms with Gasteiger partial charge in [0.25, 0.3) is 5.91 Å². The van der Waals surface area contributed by atoms with Gasteiger partial charge in [0, 0.05) is 36.7 Å². The molecule has 9 heteroatoms. The number of ether oxygens (including phenoxy) is 2. The van der Waals surface area contributed by atoms with E-state index in [1.165, 1.54) is 12.8 Å². The number of methoxy groups -OCH3 is 2. The van der Waals surface area contributed by atoms with Gasteiger partial charge in [-0.25, -0.2) is 9.37 Å². The van der Waals surface area contributed by atoms with Crippen molar-refractivity contribution < 1.29 is 18.7 Å². The molecule has 1 aliphatic heterocycles. The highest BCUT2D eigenvalue weighted by atomic mass is 19.1. The normalized spacial score (nSPS) is 18.1. The third-order valence-electron chi connectivity index (χ3n) is 7.54. The molecule has 37 heavy (non-hydrogen) atoms. The lowest BCUT2D eigenvalue weighted by atomic mass is 10.1. The molecule has 0 bridgehead atoms. The monoisotopic (exact) mass is 505 g/mol. The van der Waals surface area contributed by atoms with Gasteiger partial charge in [-0.3, -0.25) is 4.79 Å². The van der Waals surface area contributed by atoms with Crippen molar-refractivity contribution in [3.05, 3.63) is 35.9 Å². The molecule has 3 aromatic heterocycles. The van der Waals surface area contributed by atoms with Gasteiger partial charge in [-0.15, -0.1) is 0 Å². The fourth-order valence-corrected chi connectivity index (χ4v) is 5.46. The maximum atomic E-state index is 14.0. The molecule has 1 saturated carbocycles. The maximum Gasteiger partial charge on any atom is 0.254 e. The summed E-state index contributed by atoms with van der Waals surface area (Å²) in [5.41, 5.74) is 3.85. The summed E-state index contributed by atoms with van der Waals surface area (Å²) < 4.78 is 29.6. The van der Waals surface area contributed by atoms with Crippen LogP contribution in [0.3, 0.4) is 0 Å². The molecule has 2 fully saturated rings. The number of carbonyl (C=O) groups excluding carboxylic acids is 1. The molecular formula is C28H32FN5O3. The summed E-state index contributed by atoms with van der Waals surface area (Å²) in [5, 5.41) is 1.03. The average molecular weight is 506 g/mol. The topological polar surface area (TPSA) is 74.4 Å². The van der Waals surface area contributed by atoms with Crippen LogP contribution in [0.5, 0.6) is 11.6 Å². The molecule has 4 heterocycles. The average Bonchev–Trinajstić information content (AvgIpc) is 3.56. The Bertz CT molecular complexity index is 1490. The number of pyridine rings is 1. The van der Waals surface area contributed by atoms with E-state index >= 15 is 0 Å². The largest absolute Gasteiger partial charge is 0.494 e. The van der Waals surface area contributed by atoms with Crippen LogP contribution in [0.25, 0.3) is 33.6 Å². The molecule has 194 valence electrons. The molecule has 1 aromatic carbocycles. The van der Waals surface area contributed by atoms with Crippen LogP contribution in [-0.4, -0.2) is 63.4 Å². The second-order valence-electron chi connectivity index (χ2n) is 10.1. The van der Waals surface area contributed by atoms with E-state index < -0.39 is 6.17 Å². The van der Waals surface area contributed by atoms with E-state index in [2.05, 4.69) is 22.1 Å². The number of amides is 1. The standard InChI is InChI=1S/C28H32FN5O3/c1-4-33-25-21(12-19(14-23(25)36-2)28(35)32-11-5-6-20(29)16-32)30-27(33)22-13-18-9-10-24(37-3)31-26(18)34(22)15-17-7-8-17/h9-10,12-14,17,20H,4-8,11,15-16H2,1-3H3/t20-/m0/s1. The van der Waals surface area contributed by atoms with Gasteiger partial charge in [-0.2, -0.15) is 4.98 Å². The predicted molar refractivity (Wildman–Crippen MR) is 140 cm³/mol. The third kappa shape index (κ3) is 4.20. The number of hydrogen-bond acceptors (Lipinski definition) is 5. The van der Waals surface area contributed by atoms with Gasteiger partial charge in [0.15, 0.2) is 5.82 Å². The van der Waals surface area contributed by atoms with Crippen molar-refractivity contribution in [1.29, 1.82) is 0 Å². The molecule has 2 aliphatic rings. The fourth-order valence-electron chi connectivity index (χ4n) is 5.46. The molecule has 0 radical (unpaired) electrons. The van der Waals surface area contributed by atoms with Gasteiger partial charge in [-0.1, -0.05) is 0 Å². The summed E-state index contributed by atoms with van der Waals surface area (Å²) in [6.45, 7) is 4.31. The third-order valence-corrected chi connectivity index (χ3v) is 7.54. The molecule has 1 saturated heterocycles. The first-order valence-corrected chi connectivity index (χ1v) is 13.1.